The topological polar surface area (TPSA) is 110 Å². The second kappa shape index (κ2) is 8.05. The summed E-state index contributed by atoms with van der Waals surface area (Å²) >= 11 is 0.690. The Balaban J connectivity index is 1.71. The number of rotatable bonds is 5. The molecule has 0 spiro atoms. The molecule has 142 valence electrons. The number of imide groups is 1. The molecular weight excluding hydrogens is 382 g/mol. The maximum atomic E-state index is 12.5. The number of nitrogens with zero attached hydrogens (tertiary/aromatic N) is 2. The number of nitro groups is 1. The summed E-state index contributed by atoms with van der Waals surface area (Å²) in [7, 11) is 0. The zero-order chi connectivity index (χ0) is 20.3. The van der Waals surface area contributed by atoms with Crippen molar-refractivity contribution in [3.63, 3.8) is 0 Å². The van der Waals surface area contributed by atoms with Gasteiger partial charge in [-0.2, -0.15) is 0 Å². The van der Waals surface area contributed by atoms with E-state index >= 15 is 0 Å². The van der Waals surface area contributed by atoms with Gasteiger partial charge in [0.2, 0.25) is 5.91 Å². The first-order valence-corrected chi connectivity index (χ1v) is 9.01. The molecule has 9 heteroatoms. The summed E-state index contributed by atoms with van der Waals surface area (Å²) in [5, 5.41) is 12.9. The third kappa shape index (κ3) is 4.44. The maximum Gasteiger partial charge on any atom is 0.294 e. The van der Waals surface area contributed by atoms with Crippen LogP contribution in [0.3, 0.4) is 0 Å². The molecule has 1 N–H and O–H groups in total. The average molecular weight is 397 g/mol. The van der Waals surface area contributed by atoms with E-state index in [-0.39, 0.29) is 10.6 Å². The van der Waals surface area contributed by atoms with Crippen molar-refractivity contribution in [2.45, 2.75) is 6.92 Å². The van der Waals surface area contributed by atoms with E-state index in [4.69, 9.17) is 0 Å². The van der Waals surface area contributed by atoms with Crippen LogP contribution in [0.15, 0.2) is 53.4 Å². The number of carbonyl (C=O) groups is 3. The largest absolute Gasteiger partial charge is 0.325 e. The minimum atomic E-state index is -0.611. The number of hydrogen-bond donors (Lipinski definition) is 1. The summed E-state index contributed by atoms with van der Waals surface area (Å²) in [5.41, 5.74) is 1.90. The van der Waals surface area contributed by atoms with E-state index in [0.29, 0.717) is 23.0 Å². The number of non-ortho nitro benzene ring substituents is 1. The predicted octanol–water partition coefficient (Wildman–Crippen LogP) is 3.58. The van der Waals surface area contributed by atoms with Gasteiger partial charge in [0.25, 0.3) is 16.8 Å². The summed E-state index contributed by atoms with van der Waals surface area (Å²) in [6.07, 6.45) is 1.40. The number of carbonyl (C=O) groups excluding carboxylic acids is 3. The molecule has 0 aromatic heterocycles. The van der Waals surface area contributed by atoms with E-state index in [1.807, 2.05) is 19.1 Å². The van der Waals surface area contributed by atoms with Gasteiger partial charge in [0.15, 0.2) is 0 Å². The fraction of sp³-hybridized carbons (Fsp3) is 0.105. The highest BCUT2D eigenvalue weighted by molar-refractivity contribution is 8.18. The van der Waals surface area contributed by atoms with Gasteiger partial charge >= 0.3 is 0 Å². The first kappa shape index (κ1) is 19.3. The number of nitrogens with one attached hydrogen (secondary N) is 1. The molecule has 0 radical (unpaired) electrons. The zero-order valence-electron chi connectivity index (χ0n) is 14.7. The van der Waals surface area contributed by atoms with Gasteiger partial charge in [0.05, 0.1) is 9.83 Å². The lowest BCUT2D eigenvalue weighted by atomic mass is 10.2. The lowest BCUT2D eigenvalue weighted by Crippen LogP contribution is -2.36. The SMILES string of the molecule is Cc1ccc(NC(=O)CN2C(=O)S/C(=C/c3cccc([N+](=O)[O-])c3)C2=O)cc1. The van der Waals surface area contributed by atoms with Crippen LogP contribution >= 0.6 is 11.8 Å². The van der Waals surface area contributed by atoms with Crippen molar-refractivity contribution in [2.75, 3.05) is 11.9 Å². The van der Waals surface area contributed by atoms with E-state index in [2.05, 4.69) is 5.32 Å². The number of amides is 3. The summed E-state index contributed by atoms with van der Waals surface area (Å²) in [6.45, 7) is 1.50. The smallest absolute Gasteiger partial charge is 0.294 e. The average Bonchev–Trinajstić information content (AvgIpc) is 2.91. The lowest BCUT2D eigenvalue weighted by molar-refractivity contribution is -0.384. The number of hydrogen-bond acceptors (Lipinski definition) is 6. The van der Waals surface area contributed by atoms with Gasteiger partial charge in [-0.25, -0.2) is 0 Å². The molecule has 3 amide bonds. The van der Waals surface area contributed by atoms with E-state index in [1.54, 1.807) is 18.2 Å². The van der Waals surface area contributed by atoms with Crippen LogP contribution in [0.5, 0.6) is 0 Å². The highest BCUT2D eigenvalue weighted by Crippen LogP contribution is 2.32. The predicted molar refractivity (Wildman–Crippen MR) is 106 cm³/mol. The Bertz CT molecular complexity index is 1000. The maximum absolute atomic E-state index is 12.5. The van der Waals surface area contributed by atoms with Gasteiger partial charge in [-0.1, -0.05) is 29.8 Å². The molecule has 0 atom stereocenters. The molecule has 3 rings (SSSR count). The highest BCUT2D eigenvalue weighted by atomic mass is 32.2. The lowest BCUT2D eigenvalue weighted by Gasteiger charge is -2.12. The van der Waals surface area contributed by atoms with E-state index in [1.165, 1.54) is 24.3 Å². The van der Waals surface area contributed by atoms with Crippen LogP contribution in [0.4, 0.5) is 16.2 Å². The van der Waals surface area contributed by atoms with Gasteiger partial charge in [-0.15, -0.1) is 0 Å². The van der Waals surface area contributed by atoms with Crippen molar-refractivity contribution in [1.29, 1.82) is 0 Å². The monoisotopic (exact) mass is 397 g/mol. The van der Waals surface area contributed by atoms with E-state index in [9.17, 15) is 24.5 Å². The number of anilines is 1. The molecule has 0 saturated carbocycles. The van der Waals surface area contributed by atoms with Crippen LogP contribution in [0.2, 0.25) is 0 Å². The normalized spacial score (nSPS) is 15.2. The Morgan fingerprint density at radius 1 is 1.21 bits per heavy atom. The third-order valence-corrected chi connectivity index (χ3v) is 4.80. The van der Waals surface area contributed by atoms with E-state index < -0.39 is 28.5 Å². The van der Waals surface area contributed by atoms with Gasteiger partial charge in [0, 0.05) is 17.8 Å². The van der Waals surface area contributed by atoms with Crippen LogP contribution < -0.4 is 5.32 Å². The van der Waals surface area contributed by atoms with Crippen molar-refractivity contribution in [3.05, 3.63) is 74.7 Å². The van der Waals surface area contributed by atoms with Gasteiger partial charge in [-0.3, -0.25) is 29.4 Å². The molecule has 1 aliphatic rings. The first-order chi connectivity index (χ1) is 13.3. The molecule has 0 bridgehead atoms. The minimum Gasteiger partial charge on any atom is -0.325 e. The van der Waals surface area contributed by atoms with Crippen LogP contribution in [0.1, 0.15) is 11.1 Å². The van der Waals surface area contributed by atoms with Gasteiger partial charge in [-0.05, 0) is 42.5 Å². The molecule has 1 fully saturated rings. The summed E-state index contributed by atoms with van der Waals surface area (Å²) in [6, 6.07) is 12.8. The third-order valence-electron chi connectivity index (χ3n) is 3.89. The van der Waals surface area contributed by atoms with Crippen LogP contribution in [0, 0.1) is 17.0 Å². The molecule has 0 aliphatic carbocycles. The van der Waals surface area contributed by atoms with Crippen molar-refractivity contribution in [1.82, 2.24) is 4.90 Å². The number of benzene rings is 2. The second-order valence-corrected chi connectivity index (χ2v) is 7.03. The number of aryl methyl sites for hydroxylation is 1. The Kier molecular flexibility index (Phi) is 5.55. The summed E-state index contributed by atoms with van der Waals surface area (Å²) in [4.78, 5) is 48.0. The minimum absolute atomic E-state index is 0.105. The first-order valence-electron chi connectivity index (χ1n) is 8.20. The standard InChI is InChI=1S/C19H15N3O5S/c1-12-5-7-14(8-6-12)20-17(23)11-21-18(24)16(28-19(21)25)10-13-3-2-4-15(9-13)22(26)27/h2-10H,11H2,1H3,(H,20,23)/b16-10+. The fourth-order valence-corrected chi connectivity index (χ4v) is 3.34. The van der Waals surface area contributed by atoms with Crippen LogP contribution in [-0.4, -0.2) is 33.4 Å². The Morgan fingerprint density at radius 2 is 1.93 bits per heavy atom. The quantitative estimate of drug-likeness (QED) is 0.469. The van der Waals surface area contributed by atoms with Crippen molar-refractivity contribution in [3.8, 4) is 0 Å². The van der Waals surface area contributed by atoms with Crippen LogP contribution in [0.25, 0.3) is 6.08 Å². The highest BCUT2D eigenvalue weighted by Gasteiger charge is 2.36. The Hall–Kier alpha value is -3.46. The number of nitro benzene ring substituents is 1. The van der Waals surface area contributed by atoms with Gasteiger partial charge in [0.1, 0.15) is 6.54 Å². The van der Waals surface area contributed by atoms with Crippen molar-refractivity contribution < 1.29 is 19.3 Å². The molecule has 2 aromatic carbocycles. The molecule has 2 aromatic rings. The number of thioether (sulfide) groups is 1. The van der Waals surface area contributed by atoms with Crippen molar-refractivity contribution >= 4 is 46.3 Å². The molecule has 1 heterocycles. The van der Waals surface area contributed by atoms with Gasteiger partial charge < -0.3 is 5.32 Å². The summed E-state index contributed by atoms with van der Waals surface area (Å²) in [5.74, 6) is -1.11. The fourth-order valence-electron chi connectivity index (χ4n) is 2.50. The Morgan fingerprint density at radius 3 is 2.61 bits per heavy atom. The second-order valence-electron chi connectivity index (χ2n) is 6.03. The van der Waals surface area contributed by atoms with E-state index in [0.717, 1.165) is 10.5 Å². The molecule has 8 nitrogen and oxygen atoms in total. The van der Waals surface area contributed by atoms with Crippen LogP contribution in [-0.2, 0) is 9.59 Å². The molecule has 28 heavy (non-hydrogen) atoms. The zero-order valence-corrected chi connectivity index (χ0v) is 15.6. The Labute approximate surface area is 164 Å². The molecule has 1 aliphatic heterocycles. The molecule has 0 unspecified atom stereocenters. The van der Waals surface area contributed by atoms with Crippen molar-refractivity contribution in [2.24, 2.45) is 0 Å². The molecule has 1 saturated heterocycles. The summed E-state index contributed by atoms with van der Waals surface area (Å²) < 4.78 is 0. The molecular formula is C19H15N3O5S.